The maximum Gasteiger partial charge on any atom is 0.490 e. The second-order valence-electron chi connectivity index (χ2n) is 6.92. The van der Waals surface area contributed by atoms with Gasteiger partial charge >= 0.3 is 12.1 Å². The van der Waals surface area contributed by atoms with Crippen molar-refractivity contribution in [1.29, 1.82) is 0 Å². The summed E-state index contributed by atoms with van der Waals surface area (Å²) in [6, 6.07) is 7.28. The zero-order valence-electron chi connectivity index (χ0n) is 14.7. The van der Waals surface area contributed by atoms with Gasteiger partial charge in [0.1, 0.15) is 0 Å². The van der Waals surface area contributed by atoms with Gasteiger partial charge in [-0.3, -0.25) is 4.79 Å². The lowest BCUT2D eigenvalue weighted by Crippen LogP contribution is -2.52. The number of nitrogens with one attached hydrogen (secondary N) is 1. The van der Waals surface area contributed by atoms with Crippen LogP contribution >= 0.6 is 11.6 Å². The molecule has 5 nitrogen and oxygen atoms in total. The molecular weight excluding hydrogens is 385 g/mol. The number of likely N-dealkylation sites (tertiary alicyclic amines) is 1. The minimum Gasteiger partial charge on any atom is -0.475 e. The number of rotatable bonds is 1. The number of aliphatic carboxylic acids is 1. The Hall–Kier alpha value is -1.80. The Bertz CT molecular complexity index is 671. The molecule has 27 heavy (non-hydrogen) atoms. The van der Waals surface area contributed by atoms with Gasteiger partial charge < -0.3 is 15.3 Å². The molecule has 9 heteroatoms. The van der Waals surface area contributed by atoms with Crippen LogP contribution in [0.4, 0.5) is 13.2 Å². The average molecular weight is 407 g/mol. The number of carboxylic acids is 1. The van der Waals surface area contributed by atoms with Crippen molar-refractivity contribution in [2.24, 2.45) is 5.41 Å². The summed E-state index contributed by atoms with van der Waals surface area (Å²) in [6.07, 6.45) is -0.286. The molecule has 0 bridgehead atoms. The van der Waals surface area contributed by atoms with E-state index in [-0.39, 0.29) is 5.91 Å². The topological polar surface area (TPSA) is 69.6 Å². The molecule has 1 aromatic rings. The number of hydrogen-bond donors (Lipinski definition) is 2. The largest absolute Gasteiger partial charge is 0.490 e. The van der Waals surface area contributed by atoms with E-state index in [1.54, 1.807) is 12.1 Å². The Morgan fingerprint density at radius 1 is 1.22 bits per heavy atom. The van der Waals surface area contributed by atoms with Crippen molar-refractivity contribution in [3.63, 3.8) is 0 Å². The van der Waals surface area contributed by atoms with Crippen LogP contribution in [0.3, 0.4) is 0 Å². The number of piperidine rings is 2. The maximum absolute atomic E-state index is 12.6. The number of hydrogen-bond acceptors (Lipinski definition) is 3. The quantitative estimate of drug-likeness (QED) is 0.748. The lowest BCUT2D eigenvalue weighted by Gasteiger charge is -2.45. The summed E-state index contributed by atoms with van der Waals surface area (Å²) in [4.78, 5) is 23.5. The molecule has 2 aliphatic heterocycles. The summed E-state index contributed by atoms with van der Waals surface area (Å²) >= 11 is 5.99. The van der Waals surface area contributed by atoms with Crippen LogP contribution in [0.2, 0.25) is 5.02 Å². The van der Waals surface area contributed by atoms with Crippen molar-refractivity contribution in [2.75, 3.05) is 26.2 Å². The van der Waals surface area contributed by atoms with Crippen molar-refractivity contribution in [1.82, 2.24) is 10.2 Å². The summed E-state index contributed by atoms with van der Waals surface area (Å²) in [6.45, 7) is 3.91. The molecular formula is C18H22ClF3N2O3. The van der Waals surface area contributed by atoms with E-state index in [9.17, 15) is 18.0 Å². The molecule has 1 spiro atoms. The van der Waals surface area contributed by atoms with Crippen LogP contribution in [0.15, 0.2) is 24.3 Å². The molecule has 2 N–H and O–H groups in total. The normalized spacial score (nSPS) is 22.7. The monoisotopic (exact) mass is 406 g/mol. The molecule has 2 aliphatic rings. The van der Waals surface area contributed by atoms with Crippen LogP contribution in [-0.2, 0) is 4.79 Å². The fraction of sp³-hybridized carbons (Fsp3) is 0.556. The van der Waals surface area contributed by atoms with Gasteiger partial charge in [0.2, 0.25) is 0 Å². The SMILES string of the molecule is O=C(O)C(F)(F)F.O=C(c1cccc(Cl)c1)N1CCCC2(CCCNC2)C1. The first kappa shape index (κ1) is 21.5. The van der Waals surface area contributed by atoms with Crippen LogP contribution in [0.25, 0.3) is 0 Å². The van der Waals surface area contributed by atoms with Gasteiger partial charge in [-0.25, -0.2) is 4.79 Å². The average Bonchev–Trinajstić information content (AvgIpc) is 2.61. The molecule has 2 heterocycles. The Labute approximate surface area is 160 Å². The molecule has 0 aliphatic carbocycles. The molecule has 150 valence electrons. The van der Waals surface area contributed by atoms with Crippen molar-refractivity contribution in [3.8, 4) is 0 Å². The molecule has 1 atom stereocenters. The lowest BCUT2D eigenvalue weighted by molar-refractivity contribution is -0.192. The standard InChI is InChI=1S/C16H21ClN2O.C2HF3O2/c17-14-5-1-4-13(10-14)15(20)19-9-3-7-16(12-19)6-2-8-18-11-16;3-2(4,5)1(6)7/h1,4-5,10,18H,2-3,6-9,11-12H2;(H,6,7). The minimum absolute atomic E-state index is 0.122. The number of benzene rings is 1. The predicted molar refractivity (Wildman–Crippen MR) is 94.8 cm³/mol. The number of carboxylic acid groups (broad SMARTS) is 1. The first-order chi connectivity index (χ1) is 12.6. The highest BCUT2D eigenvalue weighted by Crippen LogP contribution is 2.36. The van der Waals surface area contributed by atoms with E-state index < -0.39 is 12.1 Å². The third kappa shape index (κ3) is 6.10. The van der Waals surface area contributed by atoms with Gasteiger partial charge in [0, 0.05) is 35.6 Å². The minimum atomic E-state index is -5.08. The molecule has 0 aromatic heterocycles. The van der Waals surface area contributed by atoms with Gasteiger partial charge in [-0.05, 0) is 50.4 Å². The highest BCUT2D eigenvalue weighted by atomic mass is 35.5. The van der Waals surface area contributed by atoms with E-state index in [0.717, 1.165) is 32.6 Å². The second-order valence-corrected chi connectivity index (χ2v) is 7.36. The summed E-state index contributed by atoms with van der Waals surface area (Å²) in [5.41, 5.74) is 1.00. The Balaban J connectivity index is 0.000000321. The van der Waals surface area contributed by atoms with Gasteiger partial charge in [-0.1, -0.05) is 17.7 Å². The van der Waals surface area contributed by atoms with E-state index >= 15 is 0 Å². The maximum atomic E-state index is 12.6. The molecule has 3 rings (SSSR count). The zero-order valence-corrected chi connectivity index (χ0v) is 15.4. The molecule has 2 saturated heterocycles. The number of amides is 1. The molecule has 1 aromatic carbocycles. The summed E-state index contributed by atoms with van der Waals surface area (Å²) in [5.74, 6) is -2.63. The van der Waals surface area contributed by atoms with Gasteiger partial charge in [-0.15, -0.1) is 0 Å². The van der Waals surface area contributed by atoms with E-state index in [0.29, 0.717) is 16.0 Å². The van der Waals surface area contributed by atoms with Crippen molar-refractivity contribution in [3.05, 3.63) is 34.9 Å². The Kier molecular flexibility index (Phi) is 7.11. The number of alkyl halides is 3. The van der Waals surface area contributed by atoms with Crippen molar-refractivity contribution >= 4 is 23.5 Å². The number of carbonyl (C=O) groups is 2. The van der Waals surface area contributed by atoms with Crippen LogP contribution in [-0.4, -0.2) is 54.2 Å². The summed E-state index contributed by atoms with van der Waals surface area (Å²) < 4.78 is 31.7. The molecule has 2 fully saturated rings. The Morgan fingerprint density at radius 3 is 2.44 bits per heavy atom. The molecule has 1 unspecified atom stereocenters. The predicted octanol–water partition coefficient (Wildman–Crippen LogP) is 3.58. The molecule has 0 saturated carbocycles. The smallest absolute Gasteiger partial charge is 0.475 e. The van der Waals surface area contributed by atoms with E-state index in [1.807, 2.05) is 17.0 Å². The third-order valence-corrected chi connectivity index (χ3v) is 5.06. The van der Waals surface area contributed by atoms with Crippen molar-refractivity contribution in [2.45, 2.75) is 31.9 Å². The van der Waals surface area contributed by atoms with Gasteiger partial charge in [0.25, 0.3) is 5.91 Å². The number of halogens is 4. The van der Waals surface area contributed by atoms with E-state index in [4.69, 9.17) is 21.5 Å². The van der Waals surface area contributed by atoms with Crippen molar-refractivity contribution < 1.29 is 27.9 Å². The van der Waals surface area contributed by atoms with E-state index in [2.05, 4.69) is 5.32 Å². The number of carbonyl (C=O) groups excluding carboxylic acids is 1. The van der Waals surface area contributed by atoms with Crippen LogP contribution < -0.4 is 5.32 Å². The van der Waals surface area contributed by atoms with Crippen LogP contribution in [0, 0.1) is 5.41 Å². The first-order valence-electron chi connectivity index (χ1n) is 8.69. The third-order valence-electron chi connectivity index (χ3n) is 4.82. The zero-order chi connectivity index (χ0) is 20.1. The van der Waals surface area contributed by atoms with E-state index in [1.165, 1.54) is 19.3 Å². The van der Waals surface area contributed by atoms with Crippen LogP contribution in [0.5, 0.6) is 0 Å². The van der Waals surface area contributed by atoms with Crippen LogP contribution in [0.1, 0.15) is 36.0 Å². The summed E-state index contributed by atoms with van der Waals surface area (Å²) in [5, 5.41) is 11.2. The number of nitrogens with zero attached hydrogens (tertiary/aromatic N) is 1. The van der Waals surface area contributed by atoms with Gasteiger partial charge in [-0.2, -0.15) is 13.2 Å². The highest BCUT2D eigenvalue weighted by Gasteiger charge is 2.39. The first-order valence-corrected chi connectivity index (χ1v) is 9.06. The van der Waals surface area contributed by atoms with Gasteiger partial charge in [0.05, 0.1) is 0 Å². The summed E-state index contributed by atoms with van der Waals surface area (Å²) in [7, 11) is 0. The molecule has 0 radical (unpaired) electrons. The fourth-order valence-corrected chi connectivity index (χ4v) is 3.75. The fourth-order valence-electron chi connectivity index (χ4n) is 3.56. The van der Waals surface area contributed by atoms with Gasteiger partial charge in [0.15, 0.2) is 0 Å². The second kappa shape index (κ2) is 8.93. The Morgan fingerprint density at radius 2 is 1.89 bits per heavy atom. The highest BCUT2D eigenvalue weighted by molar-refractivity contribution is 6.30. The lowest BCUT2D eigenvalue weighted by atomic mass is 9.74. The molecule has 1 amide bonds.